The molecule has 6 heteroatoms. The van der Waals surface area contributed by atoms with Crippen LogP contribution in [0.2, 0.25) is 0 Å². The molecule has 0 radical (unpaired) electrons. The number of rotatable bonds is 7. The highest BCUT2D eigenvalue weighted by Gasteiger charge is 2.20. The van der Waals surface area contributed by atoms with Crippen LogP contribution in [-0.4, -0.2) is 34.2 Å². The van der Waals surface area contributed by atoms with Crippen molar-refractivity contribution in [2.45, 2.75) is 39.5 Å². The topological polar surface area (TPSA) is 79.8 Å². The predicted molar refractivity (Wildman–Crippen MR) is 72.8 cm³/mol. The van der Waals surface area contributed by atoms with E-state index in [1.54, 1.807) is 0 Å². The van der Waals surface area contributed by atoms with Gasteiger partial charge in [-0.25, -0.2) is 4.98 Å². The monoisotopic (exact) mass is 263 g/mol. The van der Waals surface area contributed by atoms with Crippen LogP contribution in [0.5, 0.6) is 0 Å². The maximum atomic E-state index is 11.7. The number of anilines is 1. The molecular formula is C13H21N5O. The van der Waals surface area contributed by atoms with Crippen molar-refractivity contribution in [3.8, 4) is 0 Å². The Kier molecular flexibility index (Phi) is 4.79. The second-order valence-corrected chi connectivity index (χ2v) is 4.86. The summed E-state index contributed by atoms with van der Waals surface area (Å²) >= 11 is 0. The number of hydrogen-bond donors (Lipinski definition) is 2. The first-order valence-corrected chi connectivity index (χ1v) is 6.96. The number of aryl methyl sites for hydroxylation is 2. The van der Waals surface area contributed by atoms with Gasteiger partial charge in [0.2, 0.25) is 11.9 Å². The average Bonchev–Trinajstić information content (AvgIpc) is 3.22. The second-order valence-electron chi connectivity index (χ2n) is 4.86. The molecule has 1 heterocycles. The number of nitrogens with zero attached hydrogens (tertiary/aromatic N) is 3. The Bertz CT molecular complexity index is 445. The van der Waals surface area contributed by atoms with Crippen LogP contribution in [0.15, 0.2) is 0 Å². The number of aromatic nitrogens is 3. The zero-order chi connectivity index (χ0) is 13.7. The van der Waals surface area contributed by atoms with Crippen LogP contribution in [0.3, 0.4) is 0 Å². The van der Waals surface area contributed by atoms with Gasteiger partial charge >= 0.3 is 0 Å². The van der Waals surface area contributed by atoms with Crippen LogP contribution < -0.4 is 10.6 Å². The van der Waals surface area contributed by atoms with Gasteiger partial charge in [-0.05, 0) is 38.1 Å². The van der Waals surface area contributed by atoms with Gasteiger partial charge in [-0.2, -0.15) is 0 Å². The molecule has 1 fully saturated rings. The van der Waals surface area contributed by atoms with Crippen LogP contribution in [0.1, 0.15) is 38.1 Å². The molecule has 1 aliphatic carbocycles. The predicted octanol–water partition coefficient (Wildman–Crippen LogP) is 0.934. The van der Waals surface area contributed by atoms with Crippen LogP contribution in [0.4, 0.5) is 5.95 Å². The zero-order valence-electron chi connectivity index (χ0n) is 11.6. The molecule has 1 aromatic rings. The van der Waals surface area contributed by atoms with Crippen LogP contribution in [-0.2, 0) is 17.6 Å². The smallest absolute Gasteiger partial charge is 0.249 e. The summed E-state index contributed by atoms with van der Waals surface area (Å²) in [6, 6.07) is 0. The fourth-order valence-electron chi connectivity index (χ4n) is 1.87. The summed E-state index contributed by atoms with van der Waals surface area (Å²) in [5.74, 6) is 0.947. The van der Waals surface area contributed by atoms with Crippen LogP contribution in [0, 0.1) is 5.92 Å². The van der Waals surface area contributed by atoms with E-state index in [1.807, 2.05) is 13.8 Å². The highest BCUT2D eigenvalue weighted by atomic mass is 16.2. The van der Waals surface area contributed by atoms with Gasteiger partial charge < -0.3 is 5.32 Å². The van der Waals surface area contributed by atoms with Gasteiger partial charge in [0.1, 0.15) is 0 Å². The Morgan fingerprint density at radius 1 is 1.21 bits per heavy atom. The van der Waals surface area contributed by atoms with Gasteiger partial charge in [0.25, 0.3) is 0 Å². The van der Waals surface area contributed by atoms with Crippen molar-refractivity contribution in [3.63, 3.8) is 0 Å². The van der Waals surface area contributed by atoms with Crippen molar-refractivity contribution in [3.05, 3.63) is 11.4 Å². The molecule has 19 heavy (non-hydrogen) atoms. The van der Waals surface area contributed by atoms with Crippen molar-refractivity contribution < 1.29 is 4.79 Å². The number of nitrogens with one attached hydrogen (secondary N) is 2. The summed E-state index contributed by atoms with van der Waals surface area (Å²) < 4.78 is 0. The number of hydrogen-bond acceptors (Lipinski definition) is 5. The lowest BCUT2D eigenvalue weighted by molar-refractivity contribution is -0.115. The molecule has 0 saturated heterocycles. The SMILES string of the molecule is CCc1nnc(NC(=O)CNCC2CC2)nc1CC. The minimum Gasteiger partial charge on any atom is -0.308 e. The first-order valence-electron chi connectivity index (χ1n) is 6.96. The van der Waals surface area contributed by atoms with Gasteiger partial charge in [0.15, 0.2) is 0 Å². The van der Waals surface area contributed by atoms with Crippen LogP contribution in [0.25, 0.3) is 0 Å². The van der Waals surface area contributed by atoms with Crippen LogP contribution >= 0.6 is 0 Å². The molecule has 0 aromatic carbocycles. The van der Waals surface area contributed by atoms with Crippen molar-refractivity contribution in [2.24, 2.45) is 5.92 Å². The number of carbonyl (C=O) groups excluding carboxylic acids is 1. The molecule has 1 saturated carbocycles. The second kappa shape index (κ2) is 6.56. The Morgan fingerprint density at radius 3 is 2.58 bits per heavy atom. The van der Waals surface area contributed by atoms with E-state index in [0.29, 0.717) is 12.5 Å². The van der Waals surface area contributed by atoms with Crippen molar-refractivity contribution in [1.82, 2.24) is 20.5 Å². The maximum Gasteiger partial charge on any atom is 0.249 e. The molecule has 0 unspecified atom stereocenters. The van der Waals surface area contributed by atoms with Gasteiger partial charge in [0.05, 0.1) is 17.9 Å². The maximum absolute atomic E-state index is 11.7. The normalized spacial score (nSPS) is 14.4. The molecule has 2 rings (SSSR count). The van der Waals surface area contributed by atoms with E-state index in [9.17, 15) is 4.79 Å². The summed E-state index contributed by atoms with van der Waals surface area (Å²) in [5.41, 5.74) is 1.80. The molecule has 6 nitrogen and oxygen atoms in total. The molecule has 0 spiro atoms. The van der Waals surface area contributed by atoms with E-state index in [2.05, 4.69) is 25.8 Å². The first kappa shape index (κ1) is 13.9. The molecule has 0 aliphatic heterocycles. The van der Waals surface area contributed by atoms with E-state index < -0.39 is 0 Å². The minimum atomic E-state index is -0.117. The lowest BCUT2D eigenvalue weighted by Gasteiger charge is -2.07. The van der Waals surface area contributed by atoms with Gasteiger partial charge in [-0.3, -0.25) is 10.1 Å². The summed E-state index contributed by atoms with van der Waals surface area (Å²) in [4.78, 5) is 16.0. The van der Waals surface area contributed by atoms with Crippen molar-refractivity contribution in [2.75, 3.05) is 18.4 Å². The first-order chi connectivity index (χ1) is 9.22. The number of amides is 1. The van der Waals surface area contributed by atoms with Gasteiger partial charge in [-0.15, -0.1) is 10.2 Å². The van der Waals surface area contributed by atoms with Gasteiger partial charge in [0, 0.05) is 0 Å². The lowest BCUT2D eigenvalue weighted by atomic mass is 10.2. The highest BCUT2D eigenvalue weighted by molar-refractivity contribution is 5.90. The third-order valence-electron chi connectivity index (χ3n) is 3.18. The summed E-state index contributed by atoms with van der Waals surface area (Å²) in [6.45, 7) is 5.26. The molecule has 104 valence electrons. The summed E-state index contributed by atoms with van der Waals surface area (Å²) in [7, 11) is 0. The summed E-state index contributed by atoms with van der Waals surface area (Å²) in [6.07, 6.45) is 4.15. The highest BCUT2D eigenvalue weighted by Crippen LogP contribution is 2.27. The molecule has 1 aliphatic rings. The van der Waals surface area contributed by atoms with E-state index in [4.69, 9.17) is 0 Å². The quantitative estimate of drug-likeness (QED) is 0.765. The Balaban J connectivity index is 1.84. The third-order valence-corrected chi connectivity index (χ3v) is 3.18. The van der Waals surface area contributed by atoms with E-state index in [-0.39, 0.29) is 5.91 Å². The third kappa shape index (κ3) is 4.24. The van der Waals surface area contributed by atoms with Gasteiger partial charge in [-0.1, -0.05) is 13.8 Å². The Morgan fingerprint density at radius 2 is 1.95 bits per heavy atom. The Hall–Kier alpha value is -1.56. The summed E-state index contributed by atoms with van der Waals surface area (Å²) in [5, 5.41) is 13.8. The van der Waals surface area contributed by atoms with Crippen molar-refractivity contribution in [1.29, 1.82) is 0 Å². The standard InChI is InChI=1S/C13H21N5O/c1-3-10-11(4-2)17-18-13(15-10)16-12(19)8-14-7-9-5-6-9/h9,14H,3-8H2,1-2H3,(H,15,16,18,19). The Labute approximate surface area is 113 Å². The molecule has 1 aromatic heterocycles. The zero-order valence-corrected chi connectivity index (χ0v) is 11.6. The fraction of sp³-hybridized carbons (Fsp3) is 0.692. The van der Waals surface area contributed by atoms with E-state index in [1.165, 1.54) is 12.8 Å². The fourth-order valence-corrected chi connectivity index (χ4v) is 1.87. The van der Waals surface area contributed by atoms with E-state index in [0.717, 1.165) is 36.7 Å². The average molecular weight is 263 g/mol. The molecule has 0 bridgehead atoms. The molecular weight excluding hydrogens is 242 g/mol. The van der Waals surface area contributed by atoms with E-state index >= 15 is 0 Å². The largest absolute Gasteiger partial charge is 0.308 e. The molecule has 2 N–H and O–H groups in total. The lowest BCUT2D eigenvalue weighted by Crippen LogP contribution is -2.30. The molecule has 0 atom stereocenters. The molecule has 1 amide bonds. The van der Waals surface area contributed by atoms with Crippen molar-refractivity contribution >= 4 is 11.9 Å². The number of carbonyl (C=O) groups is 1. The minimum absolute atomic E-state index is 0.117.